The number of amides is 2. The van der Waals surface area contributed by atoms with Crippen LogP contribution in [0.4, 0.5) is 4.79 Å². The van der Waals surface area contributed by atoms with E-state index in [0.717, 1.165) is 28.8 Å². The molecule has 0 fully saturated rings. The molecule has 0 aliphatic carbocycles. The van der Waals surface area contributed by atoms with Crippen LogP contribution in [0.1, 0.15) is 18.2 Å². The summed E-state index contributed by atoms with van der Waals surface area (Å²) in [4.78, 5) is 22.2. The van der Waals surface area contributed by atoms with Crippen LogP contribution in [0, 0.1) is 6.92 Å². The van der Waals surface area contributed by atoms with E-state index in [4.69, 9.17) is 4.74 Å². The smallest absolute Gasteiger partial charge is 0.406 e. The van der Waals surface area contributed by atoms with E-state index in [-0.39, 0.29) is 5.91 Å². The second-order valence-corrected chi connectivity index (χ2v) is 7.29. The number of nitrogens with zero attached hydrogens (tertiary/aromatic N) is 1. The van der Waals surface area contributed by atoms with Gasteiger partial charge in [0, 0.05) is 54.9 Å². The van der Waals surface area contributed by atoms with Crippen LogP contribution in [-0.2, 0) is 16.0 Å². The van der Waals surface area contributed by atoms with Gasteiger partial charge in [0.25, 0.3) is 0 Å². The van der Waals surface area contributed by atoms with Crippen LogP contribution in [0.3, 0.4) is 0 Å². The van der Waals surface area contributed by atoms with Gasteiger partial charge < -0.3 is 20.1 Å². The zero-order chi connectivity index (χ0) is 19.1. The van der Waals surface area contributed by atoms with E-state index >= 15 is 0 Å². The molecule has 0 aliphatic rings. The van der Waals surface area contributed by atoms with E-state index in [0.29, 0.717) is 19.7 Å². The fourth-order valence-electron chi connectivity index (χ4n) is 2.68. The first kappa shape index (κ1) is 20.7. The Hall–Kier alpha value is -1.62. The maximum absolute atomic E-state index is 11.1. The normalized spacial score (nSPS) is 10.6. The number of hydrogen-bond acceptors (Lipinski definition) is 5. The van der Waals surface area contributed by atoms with Crippen molar-refractivity contribution in [3.05, 3.63) is 29.5 Å². The summed E-state index contributed by atoms with van der Waals surface area (Å²) >= 11 is 2.26. The highest BCUT2D eigenvalue weighted by Crippen LogP contribution is 2.34. The quantitative estimate of drug-likeness (QED) is 0.438. The van der Waals surface area contributed by atoms with E-state index in [1.807, 2.05) is 18.2 Å². The number of rotatable bonds is 8. The van der Waals surface area contributed by atoms with Gasteiger partial charge in [-0.1, -0.05) is 0 Å². The monoisotopic (exact) mass is 491 g/mol. The first-order chi connectivity index (χ1) is 12.5. The van der Waals surface area contributed by atoms with E-state index in [2.05, 4.69) is 47.5 Å². The maximum atomic E-state index is 11.1. The summed E-state index contributed by atoms with van der Waals surface area (Å²) in [7, 11) is 2.94. The van der Waals surface area contributed by atoms with Crippen molar-refractivity contribution in [2.75, 3.05) is 26.8 Å². The predicted molar refractivity (Wildman–Crippen MR) is 112 cm³/mol. The number of carbonyl (C=O) groups excluding carboxylic acids is 2. The van der Waals surface area contributed by atoms with Crippen molar-refractivity contribution in [3.63, 3.8) is 0 Å². The molecule has 0 unspecified atom stereocenters. The van der Waals surface area contributed by atoms with Crippen LogP contribution in [0.25, 0.3) is 10.9 Å². The topological polar surface area (TPSA) is 81.6 Å². The third-order valence-corrected chi connectivity index (χ3v) is 5.69. The first-order valence-corrected chi connectivity index (χ1v) is 11.4. The lowest BCUT2D eigenvalue weighted by atomic mass is 10.1. The Morgan fingerprint density at radius 3 is 2.69 bits per heavy atom. The van der Waals surface area contributed by atoms with E-state index in [9.17, 15) is 9.59 Å². The molecule has 2 N–H and O–H groups in total. The second-order valence-electron chi connectivity index (χ2n) is 5.61. The molecule has 1 heterocycles. The molecule has 7 nitrogen and oxygen atoms in total. The molecule has 0 aliphatic heterocycles. The molecule has 142 valence electrons. The molecule has 0 atom stereocenters. The van der Waals surface area contributed by atoms with Crippen molar-refractivity contribution in [1.82, 2.24) is 14.6 Å². The van der Waals surface area contributed by atoms with Gasteiger partial charge in [-0.25, -0.2) is 4.79 Å². The lowest BCUT2D eigenvalue weighted by molar-refractivity contribution is -0.118. The predicted octanol–water partition coefficient (Wildman–Crippen LogP) is 3.21. The Labute approximate surface area is 168 Å². The molecule has 2 rings (SSSR count). The average Bonchev–Trinajstić information content (AvgIpc) is 2.89. The van der Waals surface area contributed by atoms with E-state index in [1.165, 1.54) is 19.6 Å². The highest BCUT2D eigenvalue weighted by atomic mass is 127. The first-order valence-electron chi connectivity index (χ1n) is 8.10. The van der Waals surface area contributed by atoms with Gasteiger partial charge in [-0.3, -0.25) is 8.77 Å². The molecule has 0 radical (unpaired) electrons. The number of ether oxygens (including phenoxy) is 2. The zero-order valence-corrected chi connectivity index (χ0v) is 17.9. The number of nitrogens with one attached hydrogen (secondary N) is 2. The molecule has 0 saturated carbocycles. The number of halogens is 1. The fraction of sp³-hybridized carbons (Fsp3) is 0.412. The van der Waals surface area contributed by atoms with Crippen LogP contribution in [0.5, 0.6) is 5.75 Å². The molecule has 0 spiro atoms. The molecule has 2 amide bonds. The molecule has 0 bridgehead atoms. The van der Waals surface area contributed by atoms with Crippen LogP contribution in [0.2, 0.25) is 0 Å². The molecule has 0 saturated heterocycles. The minimum Gasteiger partial charge on any atom is -0.492 e. The molecule has 1 aromatic carbocycles. The maximum Gasteiger partial charge on any atom is 0.406 e. The summed E-state index contributed by atoms with van der Waals surface area (Å²) in [5, 5.41) is 6.53. The molecular formula is C17H22IN3O4S. The number of aromatic nitrogens is 1. The Balaban J connectivity index is 2.16. The van der Waals surface area contributed by atoms with Crippen LogP contribution in [-0.4, -0.2) is 42.8 Å². The number of hydrogen-bond donors (Lipinski definition) is 2. The third kappa shape index (κ3) is 5.19. The van der Waals surface area contributed by atoms with Crippen LogP contribution < -0.4 is 15.4 Å². The van der Waals surface area contributed by atoms with Gasteiger partial charge in [0.1, 0.15) is 12.4 Å². The van der Waals surface area contributed by atoms with Gasteiger partial charge in [-0.2, -0.15) is 0 Å². The molecule has 2 aromatic rings. The van der Waals surface area contributed by atoms with Crippen molar-refractivity contribution in [1.29, 1.82) is 0 Å². The molecule has 1 aromatic heterocycles. The summed E-state index contributed by atoms with van der Waals surface area (Å²) in [5.74, 6) is 0.706. The molecular weight excluding hydrogens is 469 g/mol. The summed E-state index contributed by atoms with van der Waals surface area (Å²) in [6.07, 6.45) is 0.274. The van der Waals surface area contributed by atoms with Crippen molar-refractivity contribution in [2.24, 2.45) is 0 Å². The summed E-state index contributed by atoms with van der Waals surface area (Å²) in [6, 6.07) is 5.95. The molecule has 26 heavy (non-hydrogen) atoms. The van der Waals surface area contributed by atoms with Crippen LogP contribution in [0.15, 0.2) is 18.2 Å². The van der Waals surface area contributed by atoms with Gasteiger partial charge in [0.2, 0.25) is 5.91 Å². The van der Waals surface area contributed by atoms with Gasteiger partial charge >= 0.3 is 6.09 Å². The highest BCUT2D eigenvalue weighted by Gasteiger charge is 2.15. The number of benzene rings is 1. The van der Waals surface area contributed by atoms with E-state index in [1.54, 1.807) is 9.12 Å². The fourth-order valence-corrected chi connectivity index (χ4v) is 4.65. The van der Waals surface area contributed by atoms with Gasteiger partial charge in [-0.15, -0.1) is 0 Å². The van der Waals surface area contributed by atoms with Gasteiger partial charge in [0.15, 0.2) is 0 Å². The Morgan fingerprint density at radius 1 is 1.27 bits per heavy atom. The van der Waals surface area contributed by atoms with Crippen molar-refractivity contribution in [3.8, 4) is 5.75 Å². The third-order valence-electron chi connectivity index (χ3n) is 3.90. The Kier molecular flexibility index (Phi) is 7.88. The van der Waals surface area contributed by atoms with Crippen molar-refractivity contribution < 1.29 is 19.1 Å². The van der Waals surface area contributed by atoms with E-state index < -0.39 is 6.09 Å². The Morgan fingerprint density at radius 2 is 2.04 bits per heavy atom. The van der Waals surface area contributed by atoms with Crippen molar-refractivity contribution >= 4 is 53.2 Å². The standard InChI is InChI=1S/C17H22IN3O4S/c1-11-14(6-7-19-12(2)22)15-10-13(4-5-16(15)21(11)26-18)25-9-8-20-17(23)24-3/h4-5,10H,6-9H2,1-3H3,(H,19,22)(H,20,23). The van der Waals surface area contributed by atoms with Gasteiger partial charge in [0.05, 0.1) is 19.2 Å². The van der Waals surface area contributed by atoms with Gasteiger partial charge in [-0.05, 0) is 37.1 Å². The SMILES string of the molecule is COC(=O)NCCOc1ccc2c(c1)c(CCNC(C)=O)c(C)n2SI. The lowest BCUT2D eigenvalue weighted by Gasteiger charge is -2.08. The number of methoxy groups -OCH3 is 1. The molecule has 9 heteroatoms. The number of carbonyl (C=O) groups is 2. The van der Waals surface area contributed by atoms with Crippen LogP contribution >= 0.6 is 30.3 Å². The zero-order valence-electron chi connectivity index (χ0n) is 14.9. The number of alkyl carbamates (subject to hydrolysis) is 1. The Bertz CT molecular complexity index is 794. The largest absolute Gasteiger partial charge is 0.492 e. The average molecular weight is 491 g/mol. The minimum atomic E-state index is -0.476. The summed E-state index contributed by atoms with van der Waals surface area (Å²) in [5.41, 5.74) is 3.46. The second kappa shape index (κ2) is 9.91. The lowest BCUT2D eigenvalue weighted by Crippen LogP contribution is -2.27. The number of fused-ring (bicyclic) bond motifs is 1. The summed E-state index contributed by atoms with van der Waals surface area (Å²) < 4.78 is 12.4. The highest BCUT2D eigenvalue weighted by molar-refractivity contribution is 14.2. The minimum absolute atomic E-state index is 0.0308. The summed E-state index contributed by atoms with van der Waals surface area (Å²) in [6.45, 7) is 4.91. The van der Waals surface area contributed by atoms with Crippen molar-refractivity contribution in [2.45, 2.75) is 20.3 Å².